The Kier molecular flexibility index (Phi) is 6.52. The van der Waals surface area contributed by atoms with Gasteiger partial charge in [-0.05, 0) is 24.3 Å². The standard InChI is InChI=1S/C23H23ClN4O3/c24-19-8-4-5-9-21(19)31-18-10-12-27(13-11-18)22(29)14-25-23(30)20-15-28(16-26-20)17-6-2-1-3-7-17/h1-9,15-16,18H,10-14H2,(H,25,30). The summed E-state index contributed by atoms with van der Waals surface area (Å²) in [6.45, 7) is 1.09. The number of aromatic nitrogens is 2. The predicted octanol–water partition coefficient (Wildman–Crippen LogP) is 3.33. The molecule has 1 aliphatic rings. The Morgan fingerprint density at radius 3 is 2.52 bits per heavy atom. The molecule has 4 rings (SSSR count). The van der Waals surface area contributed by atoms with Crippen molar-refractivity contribution >= 4 is 23.4 Å². The summed E-state index contributed by atoms with van der Waals surface area (Å²) >= 11 is 6.14. The number of nitrogens with one attached hydrogen (secondary N) is 1. The molecule has 7 nitrogen and oxygen atoms in total. The van der Waals surface area contributed by atoms with E-state index < -0.39 is 0 Å². The van der Waals surface area contributed by atoms with Crippen LogP contribution in [0.1, 0.15) is 23.3 Å². The molecule has 1 aromatic heterocycles. The molecular weight excluding hydrogens is 416 g/mol. The van der Waals surface area contributed by atoms with Crippen molar-refractivity contribution in [2.24, 2.45) is 0 Å². The molecule has 0 bridgehead atoms. The zero-order valence-electron chi connectivity index (χ0n) is 16.9. The summed E-state index contributed by atoms with van der Waals surface area (Å²) < 4.78 is 7.72. The molecule has 3 aromatic rings. The average molecular weight is 439 g/mol. The number of carbonyl (C=O) groups excluding carboxylic acids is 2. The highest BCUT2D eigenvalue weighted by Gasteiger charge is 2.24. The molecule has 2 amide bonds. The summed E-state index contributed by atoms with van der Waals surface area (Å²) in [6.07, 6.45) is 4.67. The Labute approximate surface area is 185 Å². The van der Waals surface area contributed by atoms with Crippen molar-refractivity contribution < 1.29 is 14.3 Å². The van der Waals surface area contributed by atoms with Gasteiger partial charge in [0.2, 0.25) is 5.91 Å². The summed E-state index contributed by atoms with van der Waals surface area (Å²) in [6, 6.07) is 17.0. The van der Waals surface area contributed by atoms with Gasteiger partial charge in [-0.25, -0.2) is 4.98 Å². The van der Waals surface area contributed by atoms with Gasteiger partial charge in [-0.15, -0.1) is 0 Å². The highest BCUT2D eigenvalue weighted by Crippen LogP contribution is 2.26. The van der Waals surface area contributed by atoms with Gasteiger partial charge in [0.15, 0.2) is 0 Å². The van der Waals surface area contributed by atoms with Crippen LogP contribution in [0.5, 0.6) is 5.75 Å². The number of rotatable bonds is 6. The molecule has 0 aliphatic carbocycles. The average Bonchev–Trinajstić information content (AvgIpc) is 3.30. The maximum absolute atomic E-state index is 12.5. The normalized spacial score (nSPS) is 14.3. The number of nitrogens with zero attached hydrogens (tertiary/aromatic N) is 3. The lowest BCUT2D eigenvalue weighted by molar-refractivity contribution is -0.131. The second kappa shape index (κ2) is 9.66. The lowest BCUT2D eigenvalue weighted by Gasteiger charge is -2.32. The molecule has 0 unspecified atom stereocenters. The zero-order valence-corrected chi connectivity index (χ0v) is 17.7. The second-order valence-electron chi connectivity index (χ2n) is 7.31. The van der Waals surface area contributed by atoms with Crippen LogP contribution in [0.2, 0.25) is 5.02 Å². The van der Waals surface area contributed by atoms with E-state index in [-0.39, 0.29) is 30.2 Å². The number of amides is 2. The quantitative estimate of drug-likeness (QED) is 0.640. The fourth-order valence-corrected chi connectivity index (χ4v) is 3.66. The number of imidazole rings is 1. The highest BCUT2D eigenvalue weighted by molar-refractivity contribution is 6.32. The van der Waals surface area contributed by atoms with Gasteiger partial charge in [0.25, 0.3) is 5.91 Å². The van der Waals surface area contributed by atoms with Gasteiger partial charge in [-0.3, -0.25) is 9.59 Å². The first-order chi connectivity index (χ1) is 15.1. The minimum atomic E-state index is -0.375. The van der Waals surface area contributed by atoms with Crippen LogP contribution >= 0.6 is 11.6 Å². The van der Waals surface area contributed by atoms with Crippen molar-refractivity contribution in [3.8, 4) is 11.4 Å². The molecule has 0 atom stereocenters. The molecule has 0 radical (unpaired) electrons. The molecule has 0 spiro atoms. The molecular formula is C23H23ClN4O3. The van der Waals surface area contributed by atoms with Gasteiger partial charge in [-0.1, -0.05) is 41.9 Å². The first kappa shape index (κ1) is 20.9. The lowest BCUT2D eigenvalue weighted by atomic mass is 10.1. The summed E-state index contributed by atoms with van der Waals surface area (Å²) in [5, 5.41) is 3.25. The smallest absolute Gasteiger partial charge is 0.271 e. The van der Waals surface area contributed by atoms with E-state index >= 15 is 0 Å². The SMILES string of the molecule is O=C(NCC(=O)N1CCC(Oc2ccccc2Cl)CC1)c1cn(-c2ccccc2)cn1. The van der Waals surface area contributed by atoms with Crippen molar-refractivity contribution in [2.75, 3.05) is 19.6 Å². The zero-order chi connectivity index (χ0) is 21.6. The molecule has 31 heavy (non-hydrogen) atoms. The predicted molar refractivity (Wildman–Crippen MR) is 118 cm³/mol. The third-order valence-corrected chi connectivity index (χ3v) is 5.51. The van der Waals surface area contributed by atoms with Crippen LogP contribution in [0.15, 0.2) is 67.1 Å². The third kappa shape index (κ3) is 5.24. The van der Waals surface area contributed by atoms with Gasteiger partial charge in [0.05, 0.1) is 11.6 Å². The minimum Gasteiger partial charge on any atom is -0.489 e. The van der Waals surface area contributed by atoms with Crippen molar-refractivity contribution in [3.05, 3.63) is 77.8 Å². The monoisotopic (exact) mass is 438 g/mol. The number of benzene rings is 2. The van der Waals surface area contributed by atoms with Crippen LogP contribution in [0.4, 0.5) is 0 Å². The molecule has 160 valence electrons. The van der Waals surface area contributed by atoms with Crippen LogP contribution in [-0.4, -0.2) is 52.0 Å². The van der Waals surface area contributed by atoms with Crippen LogP contribution < -0.4 is 10.1 Å². The number of hydrogen-bond acceptors (Lipinski definition) is 4. The maximum atomic E-state index is 12.5. The fourth-order valence-electron chi connectivity index (χ4n) is 3.48. The third-order valence-electron chi connectivity index (χ3n) is 5.19. The van der Waals surface area contributed by atoms with E-state index in [1.165, 1.54) is 0 Å². The number of piperidine rings is 1. The van der Waals surface area contributed by atoms with Crippen molar-refractivity contribution in [1.82, 2.24) is 19.8 Å². The Bertz CT molecular complexity index is 1050. The number of likely N-dealkylation sites (tertiary alicyclic amines) is 1. The van der Waals surface area contributed by atoms with Crippen molar-refractivity contribution in [2.45, 2.75) is 18.9 Å². The van der Waals surface area contributed by atoms with Crippen LogP contribution in [0.25, 0.3) is 5.69 Å². The molecule has 2 aromatic carbocycles. The lowest BCUT2D eigenvalue weighted by Crippen LogP contribution is -2.46. The van der Waals surface area contributed by atoms with E-state index in [0.29, 0.717) is 36.7 Å². The molecule has 1 saturated heterocycles. The molecule has 1 fully saturated rings. The van der Waals surface area contributed by atoms with E-state index in [0.717, 1.165) is 5.69 Å². The maximum Gasteiger partial charge on any atom is 0.271 e. The first-order valence-electron chi connectivity index (χ1n) is 10.2. The number of para-hydroxylation sites is 2. The Balaban J connectivity index is 1.24. The van der Waals surface area contributed by atoms with E-state index in [1.807, 2.05) is 48.5 Å². The van der Waals surface area contributed by atoms with E-state index in [9.17, 15) is 9.59 Å². The van der Waals surface area contributed by atoms with Gasteiger partial charge in [0, 0.05) is 37.8 Å². The number of halogens is 1. The molecule has 2 heterocycles. The van der Waals surface area contributed by atoms with E-state index in [4.69, 9.17) is 16.3 Å². The fraction of sp³-hybridized carbons (Fsp3) is 0.261. The van der Waals surface area contributed by atoms with Crippen molar-refractivity contribution in [3.63, 3.8) is 0 Å². The summed E-state index contributed by atoms with van der Waals surface area (Å²) in [4.78, 5) is 30.8. The van der Waals surface area contributed by atoms with E-state index in [1.54, 1.807) is 28.1 Å². The Morgan fingerprint density at radius 1 is 1.06 bits per heavy atom. The van der Waals surface area contributed by atoms with Crippen LogP contribution in [-0.2, 0) is 4.79 Å². The molecule has 8 heteroatoms. The number of ether oxygens (including phenoxy) is 1. The number of hydrogen-bond donors (Lipinski definition) is 1. The van der Waals surface area contributed by atoms with E-state index in [2.05, 4.69) is 10.3 Å². The molecule has 1 N–H and O–H groups in total. The van der Waals surface area contributed by atoms with Gasteiger partial charge in [-0.2, -0.15) is 0 Å². The molecule has 0 saturated carbocycles. The Hall–Kier alpha value is -3.32. The van der Waals surface area contributed by atoms with Crippen LogP contribution in [0.3, 0.4) is 0 Å². The summed E-state index contributed by atoms with van der Waals surface area (Å²) in [7, 11) is 0. The topological polar surface area (TPSA) is 76.5 Å². The van der Waals surface area contributed by atoms with Gasteiger partial charge in [0.1, 0.15) is 23.9 Å². The Morgan fingerprint density at radius 2 is 1.77 bits per heavy atom. The highest BCUT2D eigenvalue weighted by atomic mass is 35.5. The first-order valence-corrected chi connectivity index (χ1v) is 10.5. The van der Waals surface area contributed by atoms with Crippen molar-refractivity contribution in [1.29, 1.82) is 0 Å². The molecule has 1 aliphatic heterocycles. The largest absolute Gasteiger partial charge is 0.489 e. The number of carbonyl (C=O) groups is 2. The summed E-state index contributed by atoms with van der Waals surface area (Å²) in [5.41, 5.74) is 1.18. The minimum absolute atomic E-state index is 0.0143. The van der Waals surface area contributed by atoms with Crippen LogP contribution in [0, 0.1) is 0 Å². The van der Waals surface area contributed by atoms with Gasteiger partial charge < -0.3 is 19.5 Å². The summed E-state index contributed by atoms with van der Waals surface area (Å²) in [5.74, 6) is 0.170. The van der Waals surface area contributed by atoms with Gasteiger partial charge >= 0.3 is 0 Å². The second-order valence-corrected chi connectivity index (χ2v) is 7.72.